The highest BCUT2D eigenvalue weighted by molar-refractivity contribution is 6.32. The predicted molar refractivity (Wildman–Crippen MR) is 112 cm³/mol. The number of allylic oxidation sites excluding steroid dienone is 1. The molecule has 9 nitrogen and oxygen atoms in total. The predicted octanol–water partition coefficient (Wildman–Crippen LogP) is 2.17. The summed E-state index contributed by atoms with van der Waals surface area (Å²) in [4.78, 5) is 36.3. The zero-order valence-corrected chi connectivity index (χ0v) is 19.2. The lowest BCUT2D eigenvalue weighted by atomic mass is 9.68. The highest BCUT2D eigenvalue weighted by atomic mass is 16.6. The number of hydrogen-bond acceptors (Lipinski definition) is 7. The molecule has 1 aliphatic carbocycles. The Morgan fingerprint density at radius 2 is 1.94 bits per heavy atom. The number of rotatable bonds is 8. The molecule has 178 valence electrons. The largest absolute Gasteiger partial charge is 0.476 e. The average Bonchev–Trinajstić information content (AvgIpc) is 3.61. The van der Waals surface area contributed by atoms with Gasteiger partial charge in [0.25, 0.3) is 0 Å². The summed E-state index contributed by atoms with van der Waals surface area (Å²) in [5.74, 6) is -2.44. The van der Waals surface area contributed by atoms with Gasteiger partial charge in [0.1, 0.15) is 23.4 Å². The molecule has 3 aliphatic heterocycles. The van der Waals surface area contributed by atoms with Crippen molar-refractivity contribution in [3.8, 4) is 0 Å². The van der Waals surface area contributed by atoms with Crippen LogP contribution in [0.3, 0.4) is 0 Å². The fourth-order valence-electron chi connectivity index (χ4n) is 5.47. The van der Waals surface area contributed by atoms with Crippen LogP contribution in [0.2, 0.25) is 0 Å². The summed E-state index contributed by atoms with van der Waals surface area (Å²) in [5.41, 5.74) is 0.571. The van der Waals surface area contributed by atoms with Crippen molar-refractivity contribution < 1.29 is 38.4 Å². The molecule has 4 aliphatic rings. The van der Waals surface area contributed by atoms with Crippen LogP contribution in [-0.4, -0.2) is 84.2 Å². The molecule has 1 amide bonds. The molecular formula is C23H33NO8. The van der Waals surface area contributed by atoms with Crippen LogP contribution in [0.5, 0.6) is 0 Å². The van der Waals surface area contributed by atoms with Crippen LogP contribution in [-0.2, 0) is 28.5 Å². The number of carboxylic acid groups (broad SMARTS) is 1. The van der Waals surface area contributed by atoms with Gasteiger partial charge in [-0.1, -0.05) is 11.6 Å². The molecule has 4 rings (SSSR count). The van der Waals surface area contributed by atoms with Crippen LogP contribution in [0.15, 0.2) is 11.6 Å². The zero-order valence-electron chi connectivity index (χ0n) is 19.2. The van der Waals surface area contributed by atoms with E-state index in [9.17, 15) is 14.4 Å². The van der Waals surface area contributed by atoms with E-state index in [-0.39, 0.29) is 36.1 Å². The number of epoxide rings is 2. The Kier molecular flexibility index (Phi) is 6.11. The van der Waals surface area contributed by atoms with Gasteiger partial charge >= 0.3 is 12.1 Å². The van der Waals surface area contributed by atoms with E-state index >= 15 is 0 Å². The molecular weight excluding hydrogens is 418 g/mol. The lowest BCUT2D eigenvalue weighted by Gasteiger charge is -2.44. The van der Waals surface area contributed by atoms with E-state index < -0.39 is 29.6 Å². The van der Waals surface area contributed by atoms with E-state index in [4.69, 9.17) is 24.1 Å². The number of ether oxygens (including phenoxy) is 4. The summed E-state index contributed by atoms with van der Waals surface area (Å²) in [6, 6.07) is 0. The van der Waals surface area contributed by atoms with Crippen molar-refractivity contribution in [2.45, 2.75) is 76.0 Å². The maximum atomic E-state index is 12.7. The standard InChI is InChI=1S/C23H33NO8/c1-13(2)5-6-17-22(3,32-17)19-18(29-4)16(7-8-23(19)12-30-23)31-21(28)24-10-14(11-24)9-15(25)20(26)27/h5,14,16-19H,6-12H2,1-4H3,(H,26,27)/t16-,17-,18-,19-,22+,23+/m1/s1. The first-order chi connectivity index (χ1) is 15.1. The van der Waals surface area contributed by atoms with E-state index in [0.717, 1.165) is 12.8 Å². The fraction of sp³-hybridized carbons (Fsp3) is 0.783. The molecule has 0 aromatic heterocycles. The molecule has 9 heteroatoms. The smallest absolute Gasteiger partial charge is 0.410 e. The number of hydrogen-bond donors (Lipinski definition) is 1. The summed E-state index contributed by atoms with van der Waals surface area (Å²) >= 11 is 0. The maximum absolute atomic E-state index is 12.7. The van der Waals surface area contributed by atoms with Gasteiger partial charge in [-0.05, 0) is 40.0 Å². The Bertz CT molecular complexity index is 811. The van der Waals surface area contributed by atoms with Crippen molar-refractivity contribution in [2.24, 2.45) is 11.8 Å². The molecule has 1 N–H and O–H groups in total. The second-order valence-corrected chi connectivity index (χ2v) is 10.0. The molecule has 1 saturated carbocycles. The zero-order chi connectivity index (χ0) is 23.3. The van der Waals surface area contributed by atoms with Crippen LogP contribution >= 0.6 is 0 Å². The third-order valence-corrected chi connectivity index (χ3v) is 7.42. The molecule has 0 aromatic carbocycles. The summed E-state index contributed by atoms with van der Waals surface area (Å²) in [5, 5.41) is 8.73. The number of Topliss-reactive ketones (excluding diaryl/α,β-unsaturated/α-hetero) is 1. The van der Waals surface area contributed by atoms with Crippen molar-refractivity contribution in [1.82, 2.24) is 4.90 Å². The number of likely N-dealkylation sites (tertiary alicyclic amines) is 1. The lowest BCUT2D eigenvalue weighted by Crippen LogP contribution is -2.57. The Balaban J connectivity index is 1.37. The first kappa shape index (κ1) is 23.2. The van der Waals surface area contributed by atoms with E-state index in [1.165, 1.54) is 10.5 Å². The number of amides is 1. The van der Waals surface area contributed by atoms with E-state index in [1.807, 2.05) is 0 Å². The summed E-state index contributed by atoms with van der Waals surface area (Å²) in [6.45, 7) is 7.54. The normalized spacial score (nSPS) is 38.1. The Hall–Kier alpha value is -1.97. The van der Waals surface area contributed by atoms with Crippen LogP contribution in [0.1, 0.15) is 46.5 Å². The second kappa shape index (κ2) is 8.43. The molecule has 1 spiro atoms. The van der Waals surface area contributed by atoms with Crippen LogP contribution in [0.4, 0.5) is 4.79 Å². The van der Waals surface area contributed by atoms with Gasteiger partial charge in [0, 0.05) is 32.5 Å². The van der Waals surface area contributed by atoms with E-state index in [1.54, 1.807) is 7.11 Å². The third-order valence-electron chi connectivity index (χ3n) is 7.42. The summed E-state index contributed by atoms with van der Waals surface area (Å²) in [6.07, 6.45) is 3.23. The first-order valence-corrected chi connectivity index (χ1v) is 11.3. The summed E-state index contributed by atoms with van der Waals surface area (Å²) < 4.78 is 23.8. The maximum Gasteiger partial charge on any atom is 0.410 e. The fourth-order valence-corrected chi connectivity index (χ4v) is 5.47. The number of aliphatic carboxylic acids is 1. The van der Waals surface area contributed by atoms with Gasteiger partial charge in [0.05, 0.1) is 18.6 Å². The molecule has 0 aromatic rings. The lowest BCUT2D eigenvalue weighted by molar-refractivity contribution is -0.150. The summed E-state index contributed by atoms with van der Waals surface area (Å²) in [7, 11) is 1.63. The van der Waals surface area contributed by atoms with Crippen molar-refractivity contribution in [3.05, 3.63) is 11.6 Å². The molecule has 6 atom stereocenters. The van der Waals surface area contributed by atoms with Gasteiger partial charge in [0.15, 0.2) is 0 Å². The topological polar surface area (TPSA) is 118 Å². The average molecular weight is 452 g/mol. The SMILES string of the molecule is CO[C@@H]1[C@H](OC(=O)N2CC(CC(=O)C(=O)O)C2)CC[C@]2(CO2)[C@H]1[C@@]1(C)O[C@@H]1CC=C(C)C. The number of methoxy groups -OCH3 is 1. The Labute approximate surface area is 188 Å². The van der Waals surface area contributed by atoms with Crippen molar-refractivity contribution >= 4 is 17.8 Å². The van der Waals surface area contributed by atoms with Gasteiger partial charge in [0.2, 0.25) is 5.78 Å². The number of nitrogens with zero attached hydrogens (tertiary/aromatic N) is 1. The molecule has 0 radical (unpaired) electrons. The Morgan fingerprint density at radius 3 is 2.50 bits per heavy atom. The number of carbonyl (C=O) groups is 3. The Morgan fingerprint density at radius 1 is 1.25 bits per heavy atom. The molecule has 3 heterocycles. The highest BCUT2D eigenvalue weighted by Gasteiger charge is 2.72. The second-order valence-electron chi connectivity index (χ2n) is 10.0. The van der Waals surface area contributed by atoms with Crippen LogP contribution < -0.4 is 0 Å². The van der Waals surface area contributed by atoms with Crippen molar-refractivity contribution in [1.29, 1.82) is 0 Å². The minimum absolute atomic E-state index is 0.0422. The molecule has 3 saturated heterocycles. The molecule has 0 bridgehead atoms. The first-order valence-electron chi connectivity index (χ1n) is 11.3. The minimum Gasteiger partial charge on any atom is -0.476 e. The quantitative estimate of drug-likeness (QED) is 0.339. The van der Waals surface area contributed by atoms with Gasteiger partial charge in [-0.15, -0.1) is 0 Å². The minimum atomic E-state index is -1.43. The van der Waals surface area contributed by atoms with E-state index in [0.29, 0.717) is 26.1 Å². The third kappa shape index (κ3) is 4.30. The van der Waals surface area contributed by atoms with E-state index in [2.05, 4.69) is 26.8 Å². The number of carboxylic acids is 1. The molecule has 0 unspecified atom stereocenters. The monoisotopic (exact) mass is 451 g/mol. The van der Waals surface area contributed by atoms with Gasteiger partial charge in [-0.2, -0.15) is 0 Å². The molecule has 4 fully saturated rings. The van der Waals surface area contributed by atoms with Gasteiger partial charge < -0.3 is 29.0 Å². The van der Waals surface area contributed by atoms with Gasteiger partial charge in [-0.25, -0.2) is 9.59 Å². The highest BCUT2D eigenvalue weighted by Crippen LogP contribution is 2.59. The number of carbonyl (C=O) groups excluding carboxylic acids is 2. The van der Waals surface area contributed by atoms with Crippen LogP contribution in [0, 0.1) is 11.8 Å². The van der Waals surface area contributed by atoms with Crippen molar-refractivity contribution in [2.75, 3.05) is 26.8 Å². The van der Waals surface area contributed by atoms with Gasteiger partial charge in [-0.3, -0.25) is 4.79 Å². The number of ketones is 1. The van der Waals surface area contributed by atoms with Crippen molar-refractivity contribution in [3.63, 3.8) is 0 Å². The molecule has 32 heavy (non-hydrogen) atoms. The van der Waals surface area contributed by atoms with Crippen LogP contribution in [0.25, 0.3) is 0 Å².